The Kier molecular flexibility index (Phi) is 7.90. The molecule has 5 nitrogen and oxygen atoms in total. The van der Waals surface area contributed by atoms with Crippen LogP contribution in [0, 0.1) is 5.92 Å². The van der Waals surface area contributed by atoms with Gasteiger partial charge < -0.3 is 20.5 Å². The number of anilines is 2. The van der Waals surface area contributed by atoms with E-state index in [0.717, 1.165) is 31.8 Å². The Labute approximate surface area is 128 Å². The van der Waals surface area contributed by atoms with Crippen molar-refractivity contribution >= 4 is 11.5 Å². The van der Waals surface area contributed by atoms with Gasteiger partial charge in [-0.1, -0.05) is 13.8 Å². The van der Waals surface area contributed by atoms with Gasteiger partial charge in [0.1, 0.15) is 5.82 Å². The van der Waals surface area contributed by atoms with Gasteiger partial charge in [-0.15, -0.1) is 0 Å². The van der Waals surface area contributed by atoms with E-state index in [1.165, 1.54) is 0 Å². The number of hydrogen-bond donors (Lipinski definition) is 2. The standard InChI is InChI=1S/C16H29N3O2/c1-12(2)11-21-16-14(17)7-8-15(19-16)18-9-5-6-10-20-13(3)4/h7-8,12-13H,5-6,9-11,17H2,1-4H3,(H,18,19). The van der Waals surface area contributed by atoms with Crippen molar-refractivity contribution in [3.05, 3.63) is 12.1 Å². The molecule has 1 aromatic heterocycles. The summed E-state index contributed by atoms with van der Waals surface area (Å²) in [5, 5.41) is 3.29. The lowest BCUT2D eigenvalue weighted by atomic mass is 10.2. The van der Waals surface area contributed by atoms with Crippen molar-refractivity contribution in [2.24, 2.45) is 5.92 Å². The molecule has 120 valence electrons. The first kappa shape index (κ1) is 17.6. The van der Waals surface area contributed by atoms with E-state index in [1.54, 1.807) is 0 Å². The van der Waals surface area contributed by atoms with Gasteiger partial charge in [-0.05, 0) is 44.7 Å². The van der Waals surface area contributed by atoms with Gasteiger partial charge in [-0.25, -0.2) is 0 Å². The second-order valence-electron chi connectivity index (χ2n) is 5.85. The monoisotopic (exact) mass is 295 g/mol. The fourth-order valence-electron chi connectivity index (χ4n) is 1.67. The second-order valence-corrected chi connectivity index (χ2v) is 5.85. The number of ether oxygens (including phenoxy) is 2. The summed E-state index contributed by atoms with van der Waals surface area (Å²) in [5.41, 5.74) is 6.44. The van der Waals surface area contributed by atoms with Crippen molar-refractivity contribution in [3.8, 4) is 5.88 Å². The van der Waals surface area contributed by atoms with Gasteiger partial charge in [0.15, 0.2) is 0 Å². The van der Waals surface area contributed by atoms with Gasteiger partial charge in [0.05, 0.1) is 18.4 Å². The number of nitrogens with one attached hydrogen (secondary N) is 1. The minimum atomic E-state index is 0.303. The first-order valence-corrected chi connectivity index (χ1v) is 7.73. The first-order valence-electron chi connectivity index (χ1n) is 7.73. The van der Waals surface area contributed by atoms with E-state index in [9.17, 15) is 0 Å². The smallest absolute Gasteiger partial charge is 0.239 e. The third kappa shape index (κ3) is 7.75. The Morgan fingerprint density at radius 2 is 1.95 bits per heavy atom. The molecule has 0 aliphatic carbocycles. The number of pyridine rings is 1. The quantitative estimate of drug-likeness (QED) is 0.648. The summed E-state index contributed by atoms with van der Waals surface area (Å²) in [7, 11) is 0. The highest BCUT2D eigenvalue weighted by molar-refractivity contribution is 5.53. The van der Waals surface area contributed by atoms with Crippen LogP contribution >= 0.6 is 0 Å². The molecule has 0 amide bonds. The molecule has 3 N–H and O–H groups in total. The van der Waals surface area contributed by atoms with E-state index >= 15 is 0 Å². The van der Waals surface area contributed by atoms with Crippen molar-refractivity contribution in [1.82, 2.24) is 4.98 Å². The van der Waals surface area contributed by atoms with Gasteiger partial charge in [-0.3, -0.25) is 0 Å². The predicted octanol–water partition coefficient (Wildman–Crippen LogP) is 3.32. The maximum atomic E-state index is 5.87. The molecule has 1 aromatic rings. The van der Waals surface area contributed by atoms with Crippen LogP contribution in [0.3, 0.4) is 0 Å². The molecule has 0 unspecified atom stereocenters. The van der Waals surface area contributed by atoms with Crippen molar-refractivity contribution in [2.75, 3.05) is 30.8 Å². The van der Waals surface area contributed by atoms with Gasteiger partial charge in [0.25, 0.3) is 0 Å². The van der Waals surface area contributed by atoms with Crippen LogP contribution < -0.4 is 15.8 Å². The zero-order valence-electron chi connectivity index (χ0n) is 13.7. The Morgan fingerprint density at radius 3 is 2.62 bits per heavy atom. The maximum Gasteiger partial charge on any atom is 0.239 e. The highest BCUT2D eigenvalue weighted by Gasteiger charge is 2.05. The number of rotatable bonds is 10. The van der Waals surface area contributed by atoms with Crippen LogP contribution in [0.2, 0.25) is 0 Å². The molecular weight excluding hydrogens is 266 g/mol. The van der Waals surface area contributed by atoms with E-state index < -0.39 is 0 Å². The summed E-state index contributed by atoms with van der Waals surface area (Å²) in [6.07, 6.45) is 2.38. The SMILES string of the molecule is CC(C)COc1nc(NCCCCOC(C)C)ccc1N. The average Bonchev–Trinajstić information content (AvgIpc) is 2.42. The molecule has 0 fully saturated rings. The Hall–Kier alpha value is -1.49. The van der Waals surface area contributed by atoms with E-state index in [1.807, 2.05) is 12.1 Å². The fourth-order valence-corrected chi connectivity index (χ4v) is 1.67. The lowest BCUT2D eigenvalue weighted by Gasteiger charge is -2.12. The zero-order chi connectivity index (χ0) is 15.7. The molecule has 0 aromatic carbocycles. The number of nitrogen functional groups attached to an aromatic ring is 1. The topological polar surface area (TPSA) is 69.4 Å². The van der Waals surface area contributed by atoms with Crippen LogP contribution in [0.4, 0.5) is 11.5 Å². The van der Waals surface area contributed by atoms with Crippen LogP contribution in [0.15, 0.2) is 12.1 Å². The molecule has 0 spiro atoms. The minimum absolute atomic E-state index is 0.303. The lowest BCUT2D eigenvalue weighted by molar-refractivity contribution is 0.0765. The third-order valence-electron chi connectivity index (χ3n) is 2.77. The van der Waals surface area contributed by atoms with E-state index in [-0.39, 0.29) is 0 Å². The van der Waals surface area contributed by atoms with Crippen LogP contribution in [0.25, 0.3) is 0 Å². The van der Waals surface area contributed by atoms with Crippen LogP contribution in [0.1, 0.15) is 40.5 Å². The van der Waals surface area contributed by atoms with Gasteiger partial charge in [-0.2, -0.15) is 4.98 Å². The zero-order valence-corrected chi connectivity index (χ0v) is 13.7. The lowest BCUT2D eigenvalue weighted by Crippen LogP contribution is -2.10. The van der Waals surface area contributed by atoms with Crippen molar-refractivity contribution in [3.63, 3.8) is 0 Å². The number of nitrogens with two attached hydrogens (primary N) is 1. The van der Waals surface area contributed by atoms with Crippen LogP contribution in [0.5, 0.6) is 5.88 Å². The highest BCUT2D eigenvalue weighted by Crippen LogP contribution is 2.21. The summed E-state index contributed by atoms with van der Waals surface area (Å²) in [6, 6.07) is 3.70. The van der Waals surface area contributed by atoms with E-state index in [0.29, 0.717) is 30.2 Å². The fraction of sp³-hybridized carbons (Fsp3) is 0.688. The van der Waals surface area contributed by atoms with Crippen molar-refractivity contribution in [2.45, 2.75) is 46.6 Å². The second kappa shape index (κ2) is 9.45. The summed E-state index contributed by atoms with van der Waals surface area (Å²) in [4.78, 5) is 4.40. The molecule has 0 aliphatic rings. The maximum absolute atomic E-state index is 5.87. The largest absolute Gasteiger partial charge is 0.476 e. The van der Waals surface area contributed by atoms with Crippen LogP contribution in [-0.2, 0) is 4.74 Å². The molecule has 0 radical (unpaired) electrons. The molecule has 1 rings (SSSR count). The summed E-state index contributed by atoms with van der Waals surface area (Å²) < 4.78 is 11.1. The Morgan fingerprint density at radius 1 is 1.19 bits per heavy atom. The van der Waals surface area contributed by atoms with Crippen molar-refractivity contribution in [1.29, 1.82) is 0 Å². The van der Waals surface area contributed by atoms with Gasteiger partial charge in [0, 0.05) is 13.2 Å². The van der Waals surface area contributed by atoms with E-state index in [2.05, 4.69) is 38.0 Å². The number of aromatic nitrogens is 1. The summed E-state index contributed by atoms with van der Waals surface area (Å²) in [5.74, 6) is 1.76. The molecule has 0 atom stereocenters. The average molecular weight is 295 g/mol. The number of unbranched alkanes of at least 4 members (excludes halogenated alkanes) is 1. The first-order chi connectivity index (χ1) is 9.99. The molecule has 21 heavy (non-hydrogen) atoms. The Bertz CT molecular complexity index is 409. The highest BCUT2D eigenvalue weighted by atomic mass is 16.5. The van der Waals surface area contributed by atoms with Gasteiger partial charge in [0.2, 0.25) is 5.88 Å². The van der Waals surface area contributed by atoms with Crippen LogP contribution in [-0.4, -0.2) is 30.8 Å². The molecule has 0 bridgehead atoms. The Balaban J connectivity index is 2.33. The molecule has 1 heterocycles. The molecule has 0 saturated carbocycles. The summed E-state index contributed by atoms with van der Waals surface area (Å²) >= 11 is 0. The number of hydrogen-bond acceptors (Lipinski definition) is 5. The predicted molar refractivity (Wildman–Crippen MR) is 87.8 cm³/mol. The minimum Gasteiger partial charge on any atom is -0.476 e. The molecule has 5 heteroatoms. The van der Waals surface area contributed by atoms with Gasteiger partial charge >= 0.3 is 0 Å². The number of nitrogens with zero attached hydrogens (tertiary/aromatic N) is 1. The summed E-state index contributed by atoms with van der Waals surface area (Å²) in [6.45, 7) is 10.6. The van der Waals surface area contributed by atoms with Crippen molar-refractivity contribution < 1.29 is 9.47 Å². The van der Waals surface area contributed by atoms with E-state index in [4.69, 9.17) is 15.2 Å². The normalized spacial score (nSPS) is 11.1. The molecule has 0 saturated heterocycles. The molecular formula is C16H29N3O2. The third-order valence-corrected chi connectivity index (χ3v) is 2.77. The molecule has 0 aliphatic heterocycles.